The first-order chi connectivity index (χ1) is 11.3. The van der Waals surface area contributed by atoms with Crippen molar-refractivity contribution in [1.82, 2.24) is 14.1 Å². The Bertz CT molecular complexity index is 695. The van der Waals surface area contributed by atoms with E-state index < -0.39 is 10.0 Å². The minimum Gasteiger partial charge on any atom is -0.495 e. The molecule has 24 heavy (non-hydrogen) atoms. The number of methoxy groups -OCH3 is 1. The smallest absolute Gasteiger partial charge is 0.253 e. The average Bonchev–Trinajstić information content (AvgIpc) is 2.60. The molecule has 0 aromatic heterocycles. The first kappa shape index (κ1) is 18.7. The maximum absolute atomic E-state index is 12.7. The molecule has 1 heterocycles. The standard InChI is InChI=1S/C16H25N3O4S/c1-5-18-8-10-19(11-9-18)16(20)13-6-7-14(23-4)15(12-13)24(21,22)17(2)3/h6-7,12H,5,8-11H2,1-4H3. The summed E-state index contributed by atoms with van der Waals surface area (Å²) in [6, 6.07) is 4.55. The molecule has 1 aromatic carbocycles. The third-order valence-corrected chi connectivity index (χ3v) is 6.11. The SMILES string of the molecule is CCN1CCN(C(=O)c2ccc(OC)c(S(=O)(=O)N(C)C)c2)CC1. The van der Waals surface area contributed by atoms with E-state index in [0.717, 1.165) is 23.9 Å². The lowest BCUT2D eigenvalue weighted by molar-refractivity contribution is 0.0643. The van der Waals surface area contributed by atoms with Crippen molar-refractivity contribution in [3.05, 3.63) is 23.8 Å². The summed E-state index contributed by atoms with van der Waals surface area (Å²) in [4.78, 5) is 16.8. The van der Waals surface area contributed by atoms with Gasteiger partial charge in [-0.3, -0.25) is 4.79 Å². The Hall–Kier alpha value is -1.64. The van der Waals surface area contributed by atoms with Crippen LogP contribution in [0.4, 0.5) is 0 Å². The van der Waals surface area contributed by atoms with Gasteiger partial charge in [-0.05, 0) is 24.7 Å². The second kappa shape index (κ2) is 7.50. The number of carbonyl (C=O) groups is 1. The first-order valence-corrected chi connectivity index (χ1v) is 9.37. The predicted octanol–water partition coefficient (Wildman–Crippen LogP) is 0.723. The van der Waals surface area contributed by atoms with Gasteiger partial charge in [0.05, 0.1) is 7.11 Å². The molecule has 2 rings (SSSR count). The summed E-state index contributed by atoms with van der Waals surface area (Å²) in [6.45, 7) is 6.03. The summed E-state index contributed by atoms with van der Waals surface area (Å²) in [5.74, 6) is 0.0830. The predicted molar refractivity (Wildman–Crippen MR) is 91.9 cm³/mol. The van der Waals surface area contributed by atoms with Crippen LogP contribution in [-0.4, -0.2) is 82.4 Å². The molecule has 8 heteroatoms. The van der Waals surface area contributed by atoms with Gasteiger partial charge < -0.3 is 14.5 Å². The van der Waals surface area contributed by atoms with Crippen LogP contribution >= 0.6 is 0 Å². The van der Waals surface area contributed by atoms with Crippen molar-refractivity contribution in [2.45, 2.75) is 11.8 Å². The van der Waals surface area contributed by atoms with Crippen molar-refractivity contribution in [3.8, 4) is 5.75 Å². The van der Waals surface area contributed by atoms with E-state index >= 15 is 0 Å². The third-order valence-electron chi connectivity index (χ3n) is 4.28. The van der Waals surface area contributed by atoms with Crippen LogP contribution in [0, 0.1) is 0 Å². The fraction of sp³-hybridized carbons (Fsp3) is 0.562. The maximum Gasteiger partial charge on any atom is 0.253 e. The number of ether oxygens (including phenoxy) is 1. The van der Waals surface area contributed by atoms with Crippen LogP contribution in [0.5, 0.6) is 5.75 Å². The summed E-state index contributed by atoms with van der Waals surface area (Å²) < 4.78 is 31.2. The molecule has 7 nitrogen and oxygen atoms in total. The Balaban J connectivity index is 2.30. The molecule has 1 aromatic rings. The summed E-state index contributed by atoms with van der Waals surface area (Å²) in [5, 5.41) is 0. The number of benzene rings is 1. The number of hydrogen-bond donors (Lipinski definition) is 0. The first-order valence-electron chi connectivity index (χ1n) is 7.93. The van der Waals surface area contributed by atoms with Gasteiger partial charge in [0.15, 0.2) is 0 Å². The third kappa shape index (κ3) is 3.71. The van der Waals surface area contributed by atoms with Gasteiger partial charge >= 0.3 is 0 Å². The zero-order valence-electron chi connectivity index (χ0n) is 14.7. The molecule has 0 aliphatic carbocycles. The number of sulfonamides is 1. The van der Waals surface area contributed by atoms with E-state index in [1.165, 1.54) is 33.3 Å². The number of hydrogen-bond acceptors (Lipinski definition) is 5. The highest BCUT2D eigenvalue weighted by molar-refractivity contribution is 7.89. The minimum atomic E-state index is -3.69. The quantitative estimate of drug-likeness (QED) is 0.779. The minimum absolute atomic E-state index is 0.00745. The van der Waals surface area contributed by atoms with Crippen molar-refractivity contribution >= 4 is 15.9 Å². The Morgan fingerprint density at radius 2 is 1.83 bits per heavy atom. The van der Waals surface area contributed by atoms with Crippen LogP contribution in [0.1, 0.15) is 17.3 Å². The lowest BCUT2D eigenvalue weighted by atomic mass is 10.1. The molecule has 1 aliphatic heterocycles. The fourth-order valence-corrected chi connectivity index (χ4v) is 3.73. The van der Waals surface area contributed by atoms with Crippen LogP contribution in [0.3, 0.4) is 0 Å². The summed E-state index contributed by atoms with van der Waals surface area (Å²) in [6.07, 6.45) is 0. The van der Waals surface area contributed by atoms with E-state index in [-0.39, 0.29) is 16.6 Å². The number of nitrogens with zero attached hydrogens (tertiary/aromatic N) is 3. The van der Waals surface area contributed by atoms with Crippen LogP contribution in [0.15, 0.2) is 23.1 Å². The van der Waals surface area contributed by atoms with Gasteiger partial charge in [0.2, 0.25) is 10.0 Å². The number of likely N-dealkylation sites (N-methyl/N-ethyl adjacent to an activating group) is 1. The van der Waals surface area contributed by atoms with Gasteiger partial charge in [0.1, 0.15) is 10.6 Å². The van der Waals surface area contributed by atoms with E-state index in [2.05, 4.69) is 11.8 Å². The average molecular weight is 355 g/mol. The second-order valence-corrected chi connectivity index (χ2v) is 8.00. The molecular formula is C16H25N3O4S. The van der Waals surface area contributed by atoms with E-state index in [9.17, 15) is 13.2 Å². The second-order valence-electron chi connectivity index (χ2n) is 5.88. The van der Waals surface area contributed by atoms with Gasteiger partial charge in [-0.15, -0.1) is 0 Å². The lowest BCUT2D eigenvalue weighted by Gasteiger charge is -2.34. The Kier molecular flexibility index (Phi) is 5.84. The van der Waals surface area contributed by atoms with Crippen molar-refractivity contribution in [1.29, 1.82) is 0 Å². The van der Waals surface area contributed by atoms with Crippen LogP contribution in [0.25, 0.3) is 0 Å². The monoisotopic (exact) mass is 355 g/mol. The molecule has 0 radical (unpaired) electrons. The number of piperazine rings is 1. The van der Waals surface area contributed by atoms with Gasteiger partial charge in [0.25, 0.3) is 5.91 Å². The molecule has 0 unspecified atom stereocenters. The van der Waals surface area contributed by atoms with E-state index in [0.29, 0.717) is 18.7 Å². The fourth-order valence-electron chi connectivity index (χ4n) is 2.66. The Morgan fingerprint density at radius 1 is 1.21 bits per heavy atom. The molecule has 0 N–H and O–H groups in total. The van der Waals surface area contributed by atoms with Crippen molar-refractivity contribution in [3.63, 3.8) is 0 Å². The summed E-state index contributed by atoms with van der Waals surface area (Å²) in [7, 11) is 0.626. The Morgan fingerprint density at radius 3 is 2.33 bits per heavy atom. The number of amides is 1. The van der Waals surface area contributed by atoms with Crippen LogP contribution < -0.4 is 4.74 Å². The van der Waals surface area contributed by atoms with Gasteiger partial charge in [-0.25, -0.2) is 12.7 Å². The highest BCUT2D eigenvalue weighted by Crippen LogP contribution is 2.27. The zero-order valence-corrected chi connectivity index (χ0v) is 15.5. The molecule has 0 spiro atoms. The van der Waals surface area contributed by atoms with Crippen molar-refractivity contribution < 1.29 is 17.9 Å². The molecule has 0 atom stereocenters. The van der Waals surface area contributed by atoms with Crippen LogP contribution in [-0.2, 0) is 10.0 Å². The normalized spacial score (nSPS) is 16.5. The zero-order chi connectivity index (χ0) is 17.9. The van der Waals surface area contributed by atoms with Crippen LogP contribution in [0.2, 0.25) is 0 Å². The highest BCUT2D eigenvalue weighted by atomic mass is 32.2. The molecule has 0 bridgehead atoms. The molecule has 0 saturated carbocycles. The topological polar surface area (TPSA) is 70.2 Å². The largest absolute Gasteiger partial charge is 0.495 e. The molecule has 1 aliphatic rings. The highest BCUT2D eigenvalue weighted by Gasteiger charge is 2.26. The van der Waals surface area contributed by atoms with E-state index in [1.807, 2.05) is 0 Å². The number of rotatable bonds is 5. The summed E-state index contributed by atoms with van der Waals surface area (Å²) in [5.41, 5.74) is 0.362. The van der Waals surface area contributed by atoms with Crippen molar-refractivity contribution in [2.24, 2.45) is 0 Å². The lowest BCUT2D eigenvalue weighted by Crippen LogP contribution is -2.48. The number of carbonyl (C=O) groups excluding carboxylic acids is 1. The van der Waals surface area contributed by atoms with E-state index in [4.69, 9.17) is 4.74 Å². The van der Waals surface area contributed by atoms with Crippen molar-refractivity contribution in [2.75, 3.05) is 53.9 Å². The Labute approximate surface area is 143 Å². The molecule has 1 amide bonds. The van der Waals surface area contributed by atoms with Gasteiger partial charge in [-0.2, -0.15) is 0 Å². The molecule has 1 fully saturated rings. The van der Waals surface area contributed by atoms with Gasteiger partial charge in [-0.1, -0.05) is 6.92 Å². The molecular weight excluding hydrogens is 330 g/mol. The summed E-state index contributed by atoms with van der Waals surface area (Å²) >= 11 is 0. The van der Waals surface area contributed by atoms with Gasteiger partial charge in [0, 0.05) is 45.8 Å². The van der Waals surface area contributed by atoms with E-state index in [1.54, 1.807) is 11.0 Å². The maximum atomic E-state index is 12.7. The molecule has 134 valence electrons. The molecule has 1 saturated heterocycles.